The van der Waals surface area contributed by atoms with Crippen LogP contribution in [0.2, 0.25) is 0 Å². The maximum Gasteiger partial charge on any atom is 0.286 e. The third kappa shape index (κ3) is 3.93. The van der Waals surface area contributed by atoms with Gasteiger partial charge in [0.1, 0.15) is 0 Å². The Kier molecular flexibility index (Phi) is 4.27. The molecule has 0 saturated carbocycles. The van der Waals surface area contributed by atoms with E-state index in [1.807, 2.05) is 43.5 Å². The van der Waals surface area contributed by atoms with Crippen molar-refractivity contribution in [1.29, 1.82) is 0 Å². The zero-order valence-electron chi connectivity index (χ0n) is 11.7. The van der Waals surface area contributed by atoms with E-state index in [1.54, 1.807) is 4.57 Å². The molecule has 0 aromatic carbocycles. The molecule has 1 aromatic heterocycles. The van der Waals surface area contributed by atoms with Crippen LogP contribution in [0.15, 0.2) is 24.5 Å². The van der Waals surface area contributed by atoms with Gasteiger partial charge in [-0.3, -0.25) is 4.79 Å². The molecule has 110 valence electrons. The number of aromatic nitrogens is 1. The lowest BCUT2D eigenvalue weighted by Gasteiger charge is -2.11. The van der Waals surface area contributed by atoms with E-state index in [9.17, 15) is 13.2 Å². The summed E-state index contributed by atoms with van der Waals surface area (Å²) < 4.78 is 24.4. The summed E-state index contributed by atoms with van der Waals surface area (Å²) in [6.45, 7) is 0.199. The Morgan fingerprint density at radius 2 is 2.05 bits per heavy atom. The Hall–Kier alpha value is -1.63. The molecule has 1 aromatic rings. The van der Waals surface area contributed by atoms with E-state index in [2.05, 4.69) is 5.32 Å². The van der Waals surface area contributed by atoms with Crippen molar-refractivity contribution in [3.63, 3.8) is 0 Å². The topological polar surface area (TPSA) is 70.4 Å². The Balaban J connectivity index is 1.88. The van der Waals surface area contributed by atoms with Gasteiger partial charge in [-0.25, -0.2) is 8.42 Å². The lowest BCUT2D eigenvalue weighted by atomic mass is 10.2. The van der Waals surface area contributed by atoms with Gasteiger partial charge in [-0.05, 0) is 6.42 Å². The molecular formula is C13H20N3O3S+. The van der Waals surface area contributed by atoms with E-state index in [1.165, 1.54) is 0 Å². The van der Waals surface area contributed by atoms with Gasteiger partial charge in [0, 0.05) is 38.0 Å². The van der Waals surface area contributed by atoms with Crippen molar-refractivity contribution in [2.45, 2.75) is 19.0 Å². The fourth-order valence-corrected chi connectivity index (χ4v) is 3.87. The van der Waals surface area contributed by atoms with Crippen molar-refractivity contribution in [3.8, 4) is 0 Å². The molecular weight excluding hydrogens is 278 g/mol. The molecule has 1 N–H and O–H groups in total. The average Bonchev–Trinajstić information content (AvgIpc) is 2.69. The number of amides is 1. The van der Waals surface area contributed by atoms with Crippen LogP contribution in [0.25, 0.3) is 0 Å². The van der Waals surface area contributed by atoms with E-state index in [0.717, 1.165) is 5.69 Å². The number of carbonyl (C=O) groups excluding carboxylic acids is 1. The predicted octanol–water partition coefficient (Wildman–Crippen LogP) is -0.657. The normalized spacial score (nSPS) is 20.6. The number of rotatable bonds is 4. The quantitative estimate of drug-likeness (QED) is 0.750. The first-order valence-electron chi connectivity index (χ1n) is 6.52. The first kappa shape index (κ1) is 14.8. The molecule has 1 aliphatic rings. The molecule has 2 heterocycles. The maximum atomic E-state index is 11.9. The number of nitrogens with one attached hydrogen (secondary N) is 1. The molecule has 0 spiro atoms. The van der Waals surface area contributed by atoms with Gasteiger partial charge in [0.15, 0.2) is 22.2 Å². The number of nitrogens with zero attached hydrogens (tertiary/aromatic N) is 2. The lowest BCUT2D eigenvalue weighted by molar-refractivity contribution is -0.684. The summed E-state index contributed by atoms with van der Waals surface area (Å²) in [4.78, 5) is 13.8. The van der Waals surface area contributed by atoms with Crippen molar-refractivity contribution in [1.82, 2.24) is 5.32 Å². The summed E-state index contributed by atoms with van der Waals surface area (Å²) in [6, 6.07) is 3.61. The fraction of sp³-hybridized carbons (Fsp3) is 0.538. The summed E-state index contributed by atoms with van der Waals surface area (Å²) in [5.74, 6) is 0.0701. The maximum absolute atomic E-state index is 11.9. The van der Waals surface area contributed by atoms with Crippen LogP contribution in [0.5, 0.6) is 0 Å². The van der Waals surface area contributed by atoms with E-state index in [-0.39, 0.29) is 30.0 Å². The minimum atomic E-state index is -2.96. The first-order chi connectivity index (χ1) is 9.35. The van der Waals surface area contributed by atoms with E-state index >= 15 is 0 Å². The highest BCUT2D eigenvalue weighted by atomic mass is 32.2. The number of pyridine rings is 1. The van der Waals surface area contributed by atoms with Crippen LogP contribution in [-0.4, -0.2) is 46.0 Å². The molecule has 0 unspecified atom stereocenters. The van der Waals surface area contributed by atoms with Crippen LogP contribution in [0, 0.1) is 0 Å². The van der Waals surface area contributed by atoms with Gasteiger partial charge in [0.2, 0.25) is 6.54 Å². The third-order valence-corrected chi connectivity index (χ3v) is 5.08. The Labute approximate surface area is 119 Å². The minimum Gasteiger partial charge on any atom is -0.377 e. The molecule has 0 bridgehead atoms. The summed E-state index contributed by atoms with van der Waals surface area (Å²) in [7, 11) is 0.946. The predicted molar refractivity (Wildman–Crippen MR) is 76.2 cm³/mol. The van der Waals surface area contributed by atoms with Crippen LogP contribution < -0.4 is 14.8 Å². The summed E-state index contributed by atoms with van der Waals surface area (Å²) in [5, 5.41) is 2.77. The lowest BCUT2D eigenvalue weighted by Crippen LogP contribution is -2.46. The molecule has 2 rings (SSSR count). The molecule has 0 radical (unpaired) electrons. The number of hydrogen-bond acceptors (Lipinski definition) is 4. The van der Waals surface area contributed by atoms with Crippen molar-refractivity contribution >= 4 is 21.4 Å². The van der Waals surface area contributed by atoms with Crippen LogP contribution >= 0.6 is 0 Å². The molecule has 0 aliphatic carbocycles. The second-order valence-corrected chi connectivity index (χ2v) is 7.52. The van der Waals surface area contributed by atoms with E-state index in [0.29, 0.717) is 6.42 Å². The van der Waals surface area contributed by atoms with Crippen molar-refractivity contribution in [2.75, 3.05) is 30.5 Å². The summed E-state index contributed by atoms with van der Waals surface area (Å²) in [5.41, 5.74) is 1.06. The van der Waals surface area contributed by atoms with Crippen molar-refractivity contribution < 1.29 is 17.8 Å². The molecule has 7 heteroatoms. The molecule has 1 amide bonds. The Morgan fingerprint density at radius 3 is 2.55 bits per heavy atom. The molecule has 6 nitrogen and oxygen atoms in total. The second-order valence-electron chi connectivity index (χ2n) is 5.29. The molecule has 1 saturated heterocycles. The molecule has 1 aliphatic heterocycles. The first-order valence-corrected chi connectivity index (χ1v) is 8.34. The van der Waals surface area contributed by atoms with Crippen LogP contribution in [0.1, 0.15) is 6.42 Å². The molecule has 1 fully saturated rings. The Bertz CT molecular complexity index is 581. The molecule has 1 atom stereocenters. The van der Waals surface area contributed by atoms with Gasteiger partial charge in [0.25, 0.3) is 5.91 Å². The van der Waals surface area contributed by atoms with Gasteiger partial charge in [-0.1, -0.05) is 0 Å². The highest BCUT2D eigenvalue weighted by Gasteiger charge is 2.29. The van der Waals surface area contributed by atoms with Crippen LogP contribution in [0.4, 0.5) is 5.69 Å². The largest absolute Gasteiger partial charge is 0.377 e. The fourth-order valence-electron chi connectivity index (χ4n) is 2.20. The summed E-state index contributed by atoms with van der Waals surface area (Å²) in [6.07, 6.45) is 4.18. The van der Waals surface area contributed by atoms with Gasteiger partial charge in [-0.2, -0.15) is 4.57 Å². The smallest absolute Gasteiger partial charge is 0.286 e. The number of sulfone groups is 1. The van der Waals surface area contributed by atoms with Gasteiger partial charge >= 0.3 is 0 Å². The van der Waals surface area contributed by atoms with E-state index < -0.39 is 9.84 Å². The third-order valence-electron chi connectivity index (χ3n) is 3.31. The zero-order chi connectivity index (χ0) is 14.8. The van der Waals surface area contributed by atoms with Gasteiger partial charge in [0.05, 0.1) is 11.5 Å². The second kappa shape index (κ2) is 5.78. The van der Waals surface area contributed by atoms with Crippen molar-refractivity contribution in [3.05, 3.63) is 24.5 Å². The van der Waals surface area contributed by atoms with Gasteiger partial charge in [-0.15, -0.1) is 0 Å². The minimum absolute atomic E-state index is 0.0585. The van der Waals surface area contributed by atoms with Gasteiger partial charge < -0.3 is 10.2 Å². The number of anilines is 1. The van der Waals surface area contributed by atoms with E-state index in [4.69, 9.17) is 0 Å². The number of hydrogen-bond donors (Lipinski definition) is 1. The highest BCUT2D eigenvalue weighted by molar-refractivity contribution is 7.91. The van der Waals surface area contributed by atoms with Crippen molar-refractivity contribution in [2.24, 2.45) is 0 Å². The highest BCUT2D eigenvalue weighted by Crippen LogP contribution is 2.11. The standard InChI is InChI=1S/C13H19N3O3S/c1-15(2)12-3-6-16(7-4-12)9-13(17)14-11-5-8-20(18,19)10-11/h3-4,6-7,11H,5,8-10H2,1-2H3/p+1/t11-/m1/s1. The number of carbonyl (C=O) groups is 1. The zero-order valence-corrected chi connectivity index (χ0v) is 12.6. The SMILES string of the molecule is CN(C)c1cc[n+](CC(=O)N[C@@H]2CCS(=O)(=O)C2)cc1. The summed E-state index contributed by atoms with van der Waals surface area (Å²) >= 11 is 0. The molecule has 20 heavy (non-hydrogen) atoms. The van der Waals surface area contributed by atoms with Crippen LogP contribution in [-0.2, 0) is 21.2 Å². The Morgan fingerprint density at radius 1 is 1.40 bits per heavy atom. The monoisotopic (exact) mass is 298 g/mol. The van der Waals surface area contributed by atoms with Crippen LogP contribution in [0.3, 0.4) is 0 Å². The average molecular weight is 298 g/mol.